The van der Waals surface area contributed by atoms with Gasteiger partial charge in [0, 0.05) is 18.1 Å². The molecule has 0 aliphatic carbocycles. The average molecular weight is 194 g/mol. The van der Waals surface area contributed by atoms with E-state index in [2.05, 4.69) is 23.3 Å². The van der Waals surface area contributed by atoms with E-state index in [-0.39, 0.29) is 0 Å². The third-order valence-corrected chi connectivity index (χ3v) is 3.16. The lowest BCUT2D eigenvalue weighted by molar-refractivity contribution is 0.505. The molecule has 1 atom stereocenters. The van der Waals surface area contributed by atoms with Gasteiger partial charge in [0.25, 0.3) is 0 Å². The molecule has 1 unspecified atom stereocenters. The van der Waals surface area contributed by atoms with Crippen molar-refractivity contribution in [1.29, 1.82) is 0 Å². The van der Waals surface area contributed by atoms with Crippen molar-refractivity contribution in [2.24, 2.45) is 5.92 Å². The fourth-order valence-electron chi connectivity index (χ4n) is 1.61. The molecule has 13 heavy (non-hydrogen) atoms. The Hall–Kier alpha value is -0.670. The van der Waals surface area contributed by atoms with Crippen LogP contribution in [0.2, 0.25) is 0 Å². The number of hydrogen-bond donors (Lipinski definition) is 1. The van der Waals surface area contributed by atoms with Crippen molar-refractivity contribution >= 4 is 17.4 Å². The molecular weight excluding hydrogens is 180 g/mol. The summed E-state index contributed by atoms with van der Waals surface area (Å²) in [6.07, 6.45) is 5.28. The summed E-state index contributed by atoms with van der Waals surface area (Å²) in [5.41, 5.74) is 1.54. The van der Waals surface area contributed by atoms with Gasteiger partial charge in [0.05, 0.1) is 0 Å². The molecule has 1 saturated heterocycles. The smallest absolute Gasteiger partial charge is 0.115 e. The third kappa shape index (κ3) is 2.17. The van der Waals surface area contributed by atoms with E-state index in [9.17, 15) is 0 Å². The maximum absolute atomic E-state index is 4.27. The second kappa shape index (κ2) is 4.03. The zero-order valence-corrected chi connectivity index (χ0v) is 8.60. The summed E-state index contributed by atoms with van der Waals surface area (Å²) in [5, 5.41) is 6.55. The molecule has 2 nitrogen and oxygen atoms in total. The van der Waals surface area contributed by atoms with Crippen LogP contribution >= 0.6 is 11.3 Å². The molecule has 0 bridgehead atoms. The van der Waals surface area contributed by atoms with E-state index < -0.39 is 0 Å². The van der Waals surface area contributed by atoms with Gasteiger partial charge in [-0.05, 0) is 25.0 Å². The first-order valence-corrected chi connectivity index (χ1v) is 5.55. The normalized spacial score (nSPS) is 26.5. The highest BCUT2D eigenvalue weighted by molar-refractivity contribution is 7.10. The molecule has 0 radical (unpaired) electrons. The van der Waals surface area contributed by atoms with Crippen molar-refractivity contribution < 1.29 is 0 Å². The Kier molecular flexibility index (Phi) is 2.76. The van der Waals surface area contributed by atoms with Gasteiger partial charge < -0.3 is 5.32 Å². The highest BCUT2D eigenvalue weighted by Gasteiger charge is 2.13. The van der Waals surface area contributed by atoms with Crippen LogP contribution in [0.25, 0.3) is 6.08 Å². The molecule has 3 heteroatoms. The molecular formula is C10H14N2S. The first-order valence-electron chi connectivity index (χ1n) is 4.67. The number of nitrogens with one attached hydrogen (secondary N) is 1. The minimum Gasteiger partial charge on any atom is -0.316 e. The lowest BCUT2D eigenvalue weighted by Gasteiger charge is -2.22. The Balaban J connectivity index is 2.14. The molecule has 70 valence electrons. The monoisotopic (exact) mass is 194 g/mol. The molecule has 1 N–H and O–H groups in total. The number of piperidine rings is 1. The Morgan fingerprint density at radius 3 is 3.31 bits per heavy atom. The quantitative estimate of drug-likeness (QED) is 0.741. The van der Waals surface area contributed by atoms with Gasteiger partial charge in [-0.1, -0.05) is 12.5 Å². The van der Waals surface area contributed by atoms with Crippen molar-refractivity contribution in [3.05, 3.63) is 22.2 Å². The van der Waals surface area contributed by atoms with Gasteiger partial charge >= 0.3 is 0 Å². The lowest BCUT2D eigenvalue weighted by Crippen LogP contribution is -2.29. The van der Waals surface area contributed by atoms with Crippen LogP contribution in [0, 0.1) is 5.92 Å². The van der Waals surface area contributed by atoms with Crippen LogP contribution in [-0.4, -0.2) is 18.1 Å². The molecule has 1 aliphatic rings. The molecule has 1 aliphatic heterocycles. The van der Waals surface area contributed by atoms with E-state index in [0.717, 1.165) is 18.1 Å². The van der Waals surface area contributed by atoms with Gasteiger partial charge in [0.15, 0.2) is 0 Å². The number of aromatic nitrogens is 1. The highest BCUT2D eigenvalue weighted by Crippen LogP contribution is 2.21. The third-order valence-electron chi connectivity index (χ3n) is 2.43. The minimum atomic E-state index is 0.664. The first-order chi connectivity index (χ1) is 6.36. The van der Waals surface area contributed by atoms with Gasteiger partial charge in [-0.3, -0.25) is 0 Å². The largest absolute Gasteiger partial charge is 0.316 e. The van der Waals surface area contributed by atoms with Gasteiger partial charge in [-0.2, -0.15) is 0 Å². The van der Waals surface area contributed by atoms with Crippen molar-refractivity contribution in [2.45, 2.75) is 13.3 Å². The van der Waals surface area contributed by atoms with Crippen LogP contribution in [-0.2, 0) is 0 Å². The number of nitrogens with zero attached hydrogens (tertiary/aromatic N) is 1. The summed E-state index contributed by atoms with van der Waals surface area (Å²) in [6.45, 7) is 4.49. The molecule has 1 fully saturated rings. The van der Waals surface area contributed by atoms with Crippen LogP contribution < -0.4 is 5.32 Å². The zero-order chi connectivity index (χ0) is 9.10. The van der Waals surface area contributed by atoms with Crippen LogP contribution in [0.3, 0.4) is 0 Å². The van der Waals surface area contributed by atoms with E-state index in [1.807, 2.05) is 11.6 Å². The van der Waals surface area contributed by atoms with Gasteiger partial charge in [0.1, 0.15) is 5.01 Å². The summed E-state index contributed by atoms with van der Waals surface area (Å²) >= 11 is 1.71. The fraction of sp³-hybridized carbons (Fsp3) is 0.500. The average Bonchev–Trinajstić information content (AvgIpc) is 2.61. The highest BCUT2D eigenvalue weighted by atomic mass is 32.1. The number of thiazole rings is 1. The Labute approximate surface area is 82.7 Å². The molecule has 2 rings (SSSR count). The maximum atomic E-state index is 4.27. The minimum absolute atomic E-state index is 0.664. The lowest BCUT2D eigenvalue weighted by atomic mass is 9.94. The van der Waals surface area contributed by atoms with E-state index in [1.165, 1.54) is 12.0 Å². The summed E-state index contributed by atoms with van der Waals surface area (Å²) in [6, 6.07) is 0. The van der Waals surface area contributed by atoms with Crippen molar-refractivity contribution in [3.8, 4) is 0 Å². The topological polar surface area (TPSA) is 24.9 Å². The van der Waals surface area contributed by atoms with Crippen molar-refractivity contribution in [1.82, 2.24) is 10.3 Å². The number of rotatable bonds is 1. The van der Waals surface area contributed by atoms with Crippen molar-refractivity contribution in [3.63, 3.8) is 0 Å². The Bertz CT molecular complexity index is 290. The van der Waals surface area contributed by atoms with E-state index in [1.54, 1.807) is 11.3 Å². The molecule has 0 aromatic carbocycles. The Morgan fingerprint density at radius 2 is 2.62 bits per heavy atom. The summed E-state index contributed by atoms with van der Waals surface area (Å²) in [5.74, 6) is 0.664. The van der Waals surface area contributed by atoms with E-state index in [0.29, 0.717) is 5.92 Å². The predicted molar refractivity (Wildman–Crippen MR) is 56.7 cm³/mol. The second-order valence-electron chi connectivity index (χ2n) is 3.44. The maximum Gasteiger partial charge on any atom is 0.115 e. The van der Waals surface area contributed by atoms with Crippen LogP contribution in [0.4, 0.5) is 0 Å². The van der Waals surface area contributed by atoms with Crippen LogP contribution in [0.15, 0.2) is 17.2 Å². The van der Waals surface area contributed by atoms with Gasteiger partial charge in [0.2, 0.25) is 0 Å². The van der Waals surface area contributed by atoms with Crippen LogP contribution in [0.5, 0.6) is 0 Å². The first kappa shape index (κ1) is 8.91. The SMILES string of the molecule is CC1CNCC/C1=C\c1nccs1. The van der Waals surface area contributed by atoms with E-state index >= 15 is 0 Å². The Morgan fingerprint density at radius 1 is 1.69 bits per heavy atom. The van der Waals surface area contributed by atoms with E-state index in [4.69, 9.17) is 0 Å². The molecule has 0 amide bonds. The molecule has 0 spiro atoms. The zero-order valence-electron chi connectivity index (χ0n) is 7.79. The molecule has 2 heterocycles. The number of hydrogen-bond acceptors (Lipinski definition) is 3. The second-order valence-corrected chi connectivity index (χ2v) is 4.37. The standard InChI is InChI=1S/C10H14N2S/c1-8-7-11-3-2-9(8)6-10-12-4-5-13-10/h4-6,8,11H,2-3,7H2,1H3/b9-6+. The fourth-order valence-corrected chi connectivity index (χ4v) is 2.21. The van der Waals surface area contributed by atoms with Crippen molar-refractivity contribution in [2.75, 3.05) is 13.1 Å². The summed E-state index contributed by atoms with van der Waals surface area (Å²) in [4.78, 5) is 4.27. The van der Waals surface area contributed by atoms with Gasteiger partial charge in [-0.25, -0.2) is 4.98 Å². The molecule has 1 aromatic rings. The molecule has 1 aromatic heterocycles. The summed E-state index contributed by atoms with van der Waals surface area (Å²) < 4.78 is 0. The summed E-state index contributed by atoms with van der Waals surface area (Å²) in [7, 11) is 0. The predicted octanol–water partition coefficient (Wildman–Crippen LogP) is 2.16. The molecule has 0 saturated carbocycles. The van der Waals surface area contributed by atoms with Gasteiger partial charge in [-0.15, -0.1) is 11.3 Å². The van der Waals surface area contributed by atoms with Crippen LogP contribution in [0.1, 0.15) is 18.4 Å².